The highest BCUT2D eigenvalue weighted by atomic mass is 19.3. The number of halogens is 2. The number of carbonyl (C=O) groups excluding carboxylic acids is 1. The Morgan fingerprint density at radius 3 is 2.79 bits per heavy atom. The number of benzene rings is 1. The van der Waals surface area contributed by atoms with Crippen molar-refractivity contribution in [2.45, 2.75) is 51.3 Å². The van der Waals surface area contributed by atoms with Gasteiger partial charge in [0.15, 0.2) is 0 Å². The van der Waals surface area contributed by atoms with Crippen molar-refractivity contribution in [2.24, 2.45) is 0 Å². The fraction of sp³-hybridized carbons (Fsp3) is 0.588. The van der Waals surface area contributed by atoms with Crippen LogP contribution in [0.3, 0.4) is 0 Å². The van der Waals surface area contributed by atoms with Crippen LogP contribution in [0.5, 0.6) is 5.75 Å². The van der Waals surface area contributed by atoms with E-state index in [2.05, 4.69) is 10.1 Å². The maximum Gasteiger partial charge on any atom is 0.387 e. The molecule has 1 aromatic carbocycles. The molecule has 0 saturated carbocycles. The van der Waals surface area contributed by atoms with E-state index in [9.17, 15) is 18.7 Å². The normalized spacial score (nSPS) is 21.8. The number of hydrogen-bond acceptors (Lipinski definition) is 3. The molecule has 2 N–H and O–H groups in total. The summed E-state index contributed by atoms with van der Waals surface area (Å²) >= 11 is 0. The summed E-state index contributed by atoms with van der Waals surface area (Å²) < 4.78 is 29.7. The third-order valence-corrected chi connectivity index (χ3v) is 4.55. The van der Waals surface area contributed by atoms with Gasteiger partial charge in [0.1, 0.15) is 5.75 Å². The molecule has 1 aromatic rings. The van der Waals surface area contributed by atoms with Crippen LogP contribution < -0.4 is 10.1 Å². The largest absolute Gasteiger partial charge is 0.434 e. The summed E-state index contributed by atoms with van der Waals surface area (Å²) in [6.45, 7) is 1.24. The zero-order valence-corrected chi connectivity index (χ0v) is 14.0. The first-order valence-corrected chi connectivity index (χ1v) is 8.14. The smallest absolute Gasteiger partial charge is 0.387 e. The Kier molecular flexibility index (Phi) is 5.99. The maximum atomic E-state index is 12.6. The number of aliphatic hydroxyl groups excluding tert-OH is 1. The van der Waals surface area contributed by atoms with E-state index in [4.69, 9.17) is 0 Å². The van der Waals surface area contributed by atoms with Crippen molar-refractivity contribution in [3.63, 3.8) is 0 Å². The van der Waals surface area contributed by atoms with Crippen LogP contribution in [-0.2, 0) is 0 Å². The Morgan fingerprint density at radius 2 is 2.17 bits per heavy atom. The van der Waals surface area contributed by atoms with Crippen LogP contribution in [0, 0.1) is 0 Å². The molecule has 1 saturated heterocycles. The molecule has 1 aliphatic heterocycles. The quantitative estimate of drug-likeness (QED) is 0.834. The number of rotatable bonds is 6. The monoisotopic (exact) mass is 342 g/mol. The minimum absolute atomic E-state index is 0.0611. The molecule has 2 amide bonds. The number of para-hydroxylation sites is 1. The lowest BCUT2D eigenvalue weighted by atomic mass is 10.0. The number of aliphatic hydroxyl groups is 1. The molecule has 0 spiro atoms. The van der Waals surface area contributed by atoms with Gasteiger partial charge in [-0.05, 0) is 32.3 Å². The van der Waals surface area contributed by atoms with E-state index >= 15 is 0 Å². The summed E-state index contributed by atoms with van der Waals surface area (Å²) in [7, 11) is 0. The van der Waals surface area contributed by atoms with Gasteiger partial charge in [0, 0.05) is 12.1 Å². The zero-order chi connectivity index (χ0) is 17.7. The maximum absolute atomic E-state index is 12.6. The SMILES string of the molecule is CCC(NC(=O)N1CCCC1(C)CO)c1ccccc1OC(F)F. The van der Waals surface area contributed by atoms with E-state index in [0.717, 1.165) is 12.8 Å². The number of alkyl halides is 2. The van der Waals surface area contributed by atoms with Crippen LogP contribution in [0.2, 0.25) is 0 Å². The molecule has 7 heteroatoms. The Hall–Kier alpha value is -1.89. The van der Waals surface area contributed by atoms with E-state index in [1.807, 2.05) is 13.8 Å². The van der Waals surface area contributed by atoms with Gasteiger partial charge in [0.2, 0.25) is 0 Å². The number of amides is 2. The Balaban J connectivity index is 2.17. The zero-order valence-electron chi connectivity index (χ0n) is 14.0. The van der Waals surface area contributed by atoms with Gasteiger partial charge in [0.05, 0.1) is 18.2 Å². The van der Waals surface area contributed by atoms with Crippen molar-refractivity contribution in [1.82, 2.24) is 10.2 Å². The summed E-state index contributed by atoms with van der Waals surface area (Å²) in [5.41, 5.74) is -0.0694. The van der Waals surface area contributed by atoms with E-state index in [1.165, 1.54) is 6.07 Å². The van der Waals surface area contributed by atoms with Gasteiger partial charge in [0.25, 0.3) is 0 Å². The van der Waals surface area contributed by atoms with Crippen molar-refractivity contribution < 1.29 is 23.4 Å². The molecular formula is C17H24F2N2O3. The second-order valence-electron chi connectivity index (χ2n) is 6.24. The van der Waals surface area contributed by atoms with Gasteiger partial charge in [-0.15, -0.1) is 0 Å². The highest BCUT2D eigenvalue weighted by Gasteiger charge is 2.39. The number of likely N-dealkylation sites (tertiary alicyclic amines) is 1. The van der Waals surface area contributed by atoms with Crippen LogP contribution >= 0.6 is 0 Å². The Labute approximate surface area is 140 Å². The molecule has 0 aromatic heterocycles. The molecule has 24 heavy (non-hydrogen) atoms. The predicted molar refractivity (Wildman–Crippen MR) is 86.1 cm³/mol. The number of hydrogen-bond donors (Lipinski definition) is 2. The van der Waals surface area contributed by atoms with Gasteiger partial charge in [-0.2, -0.15) is 8.78 Å². The highest BCUT2D eigenvalue weighted by Crippen LogP contribution is 2.31. The van der Waals surface area contributed by atoms with Gasteiger partial charge in [-0.3, -0.25) is 0 Å². The molecule has 1 heterocycles. The number of ether oxygens (including phenoxy) is 1. The molecule has 1 fully saturated rings. The number of carbonyl (C=O) groups is 1. The molecule has 2 rings (SSSR count). The first-order valence-electron chi connectivity index (χ1n) is 8.14. The number of urea groups is 1. The van der Waals surface area contributed by atoms with Gasteiger partial charge in [-0.25, -0.2) is 4.79 Å². The topological polar surface area (TPSA) is 61.8 Å². The minimum atomic E-state index is -2.92. The van der Waals surface area contributed by atoms with E-state index in [-0.39, 0.29) is 18.4 Å². The third kappa shape index (κ3) is 3.95. The lowest BCUT2D eigenvalue weighted by molar-refractivity contribution is -0.0507. The second kappa shape index (κ2) is 7.79. The summed E-state index contributed by atoms with van der Waals surface area (Å²) in [6, 6.07) is 5.71. The van der Waals surface area contributed by atoms with Crippen LogP contribution in [0.15, 0.2) is 24.3 Å². The lowest BCUT2D eigenvalue weighted by Crippen LogP contribution is -2.52. The van der Waals surface area contributed by atoms with Gasteiger partial charge >= 0.3 is 12.6 Å². The number of nitrogens with one attached hydrogen (secondary N) is 1. The van der Waals surface area contributed by atoms with Crippen molar-refractivity contribution in [3.8, 4) is 5.75 Å². The average Bonchev–Trinajstić information content (AvgIpc) is 2.95. The first-order chi connectivity index (χ1) is 11.4. The lowest BCUT2D eigenvalue weighted by Gasteiger charge is -2.35. The Morgan fingerprint density at radius 1 is 1.46 bits per heavy atom. The van der Waals surface area contributed by atoms with Crippen molar-refractivity contribution in [1.29, 1.82) is 0 Å². The standard InChI is InChI=1S/C17H24F2N2O3/c1-3-13(12-7-4-5-8-14(12)24-15(18)19)20-16(23)21-10-6-9-17(21,2)11-22/h4-5,7-8,13,15,22H,3,6,9-11H2,1-2H3,(H,20,23). The molecule has 1 aliphatic rings. The second-order valence-corrected chi connectivity index (χ2v) is 6.24. The van der Waals surface area contributed by atoms with Crippen LogP contribution in [0.1, 0.15) is 44.7 Å². The molecule has 0 bridgehead atoms. The van der Waals surface area contributed by atoms with Crippen LogP contribution in [0.4, 0.5) is 13.6 Å². The van der Waals surface area contributed by atoms with Crippen molar-refractivity contribution in [2.75, 3.05) is 13.2 Å². The average molecular weight is 342 g/mol. The molecule has 0 radical (unpaired) electrons. The van der Waals surface area contributed by atoms with Crippen molar-refractivity contribution in [3.05, 3.63) is 29.8 Å². The highest BCUT2D eigenvalue weighted by molar-refractivity contribution is 5.76. The van der Waals surface area contributed by atoms with Gasteiger partial charge < -0.3 is 20.1 Å². The first kappa shape index (κ1) is 18.4. The van der Waals surface area contributed by atoms with E-state index in [0.29, 0.717) is 18.5 Å². The summed E-state index contributed by atoms with van der Waals surface area (Å²) in [5.74, 6) is 0.0611. The van der Waals surface area contributed by atoms with Crippen molar-refractivity contribution >= 4 is 6.03 Å². The third-order valence-electron chi connectivity index (χ3n) is 4.55. The molecular weight excluding hydrogens is 318 g/mol. The number of nitrogens with zero attached hydrogens (tertiary/aromatic N) is 1. The minimum Gasteiger partial charge on any atom is -0.434 e. The fourth-order valence-electron chi connectivity index (χ4n) is 3.13. The molecule has 2 atom stereocenters. The van der Waals surface area contributed by atoms with Gasteiger partial charge in [-0.1, -0.05) is 25.1 Å². The van der Waals surface area contributed by atoms with Crippen LogP contribution in [-0.4, -0.2) is 41.3 Å². The molecule has 5 nitrogen and oxygen atoms in total. The molecule has 0 aliphatic carbocycles. The summed E-state index contributed by atoms with van der Waals surface area (Å²) in [6.07, 6.45) is 2.09. The Bertz CT molecular complexity index is 571. The molecule has 134 valence electrons. The van der Waals surface area contributed by atoms with E-state index < -0.39 is 18.2 Å². The van der Waals surface area contributed by atoms with E-state index in [1.54, 1.807) is 23.1 Å². The fourth-order valence-corrected chi connectivity index (χ4v) is 3.13. The summed E-state index contributed by atoms with van der Waals surface area (Å²) in [4.78, 5) is 14.2. The summed E-state index contributed by atoms with van der Waals surface area (Å²) in [5, 5.41) is 12.5. The molecule has 2 unspecified atom stereocenters. The predicted octanol–water partition coefficient (Wildman–Crippen LogP) is 3.30. The van der Waals surface area contributed by atoms with Crippen LogP contribution in [0.25, 0.3) is 0 Å².